The van der Waals surface area contributed by atoms with E-state index < -0.39 is 0 Å². The fraction of sp³-hybridized carbons (Fsp3) is 0.364. The Hall–Kier alpha value is -1.02. The summed E-state index contributed by atoms with van der Waals surface area (Å²) in [4.78, 5) is 0. The highest BCUT2D eigenvalue weighted by molar-refractivity contribution is 5.42. The number of aliphatic hydroxyl groups excluding tert-OH is 1. The fourth-order valence-corrected chi connectivity index (χ4v) is 1.27. The second-order valence-electron chi connectivity index (χ2n) is 3.12. The lowest BCUT2D eigenvalue weighted by atomic mass is 9.97. The first-order chi connectivity index (χ1) is 6.19. The van der Waals surface area contributed by atoms with Crippen LogP contribution in [0.4, 0.5) is 0 Å². The molecule has 0 aliphatic carbocycles. The van der Waals surface area contributed by atoms with Gasteiger partial charge in [-0.2, -0.15) is 0 Å². The Bertz CT molecular complexity index is 281. The van der Waals surface area contributed by atoms with Crippen LogP contribution in [0, 0.1) is 12.8 Å². The summed E-state index contributed by atoms with van der Waals surface area (Å²) in [5.74, 6) is 1.80. The summed E-state index contributed by atoms with van der Waals surface area (Å²) >= 11 is 0. The van der Waals surface area contributed by atoms with Crippen molar-refractivity contribution in [3.63, 3.8) is 0 Å². The molecule has 1 N–H and O–H groups in total. The highest BCUT2D eigenvalue weighted by atomic mass is 16.5. The molecule has 1 aromatic rings. The van der Waals surface area contributed by atoms with Gasteiger partial charge < -0.3 is 9.84 Å². The number of ether oxygens (including phenoxy) is 1. The van der Waals surface area contributed by atoms with Crippen LogP contribution < -0.4 is 4.74 Å². The molecule has 0 unspecified atom stereocenters. The van der Waals surface area contributed by atoms with E-state index in [9.17, 15) is 0 Å². The molecule has 0 amide bonds. The monoisotopic (exact) mass is 179 g/mol. The van der Waals surface area contributed by atoms with Gasteiger partial charge in [-0.3, -0.25) is 0 Å². The molecule has 1 rings (SSSR count). The van der Waals surface area contributed by atoms with Crippen molar-refractivity contribution >= 4 is 0 Å². The zero-order chi connectivity index (χ0) is 9.84. The van der Waals surface area contributed by atoms with Gasteiger partial charge in [-0.05, 0) is 30.2 Å². The highest BCUT2D eigenvalue weighted by Crippen LogP contribution is 2.23. The lowest BCUT2D eigenvalue weighted by Crippen LogP contribution is -2.02. The zero-order valence-corrected chi connectivity index (χ0v) is 8.29. The number of aliphatic hydroxyl groups is 1. The minimum Gasteiger partial charge on any atom is -0.497 e. The SMILES string of the molecule is COc1ccc(C)c([C](C)CO)c1. The van der Waals surface area contributed by atoms with E-state index in [0.717, 1.165) is 22.8 Å². The van der Waals surface area contributed by atoms with Crippen molar-refractivity contribution in [3.8, 4) is 5.75 Å². The smallest absolute Gasteiger partial charge is 0.119 e. The summed E-state index contributed by atoms with van der Waals surface area (Å²) in [6, 6.07) is 5.86. The summed E-state index contributed by atoms with van der Waals surface area (Å²) < 4.78 is 5.11. The van der Waals surface area contributed by atoms with Crippen LogP contribution in [0.15, 0.2) is 18.2 Å². The van der Waals surface area contributed by atoms with E-state index in [4.69, 9.17) is 9.84 Å². The van der Waals surface area contributed by atoms with Gasteiger partial charge in [0, 0.05) is 5.92 Å². The summed E-state index contributed by atoms with van der Waals surface area (Å²) in [6.07, 6.45) is 0. The van der Waals surface area contributed by atoms with Gasteiger partial charge in [0.2, 0.25) is 0 Å². The first-order valence-electron chi connectivity index (χ1n) is 4.27. The molecule has 13 heavy (non-hydrogen) atoms. The Kier molecular flexibility index (Phi) is 3.32. The average Bonchev–Trinajstić information content (AvgIpc) is 2.17. The zero-order valence-electron chi connectivity index (χ0n) is 8.29. The van der Waals surface area contributed by atoms with Gasteiger partial charge in [0.25, 0.3) is 0 Å². The molecule has 0 saturated heterocycles. The van der Waals surface area contributed by atoms with Crippen molar-refractivity contribution in [1.29, 1.82) is 0 Å². The van der Waals surface area contributed by atoms with Crippen LogP contribution in [0.25, 0.3) is 0 Å². The van der Waals surface area contributed by atoms with E-state index in [-0.39, 0.29) is 6.61 Å². The van der Waals surface area contributed by atoms with Crippen molar-refractivity contribution in [2.75, 3.05) is 13.7 Å². The van der Waals surface area contributed by atoms with Gasteiger partial charge in [-0.25, -0.2) is 0 Å². The van der Waals surface area contributed by atoms with Crippen molar-refractivity contribution in [2.24, 2.45) is 0 Å². The molecule has 0 spiro atoms. The minimum atomic E-state index is 0.0913. The van der Waals surface area contributed by atoms with E-state index in [0.29, 0.717) is 0 Å². The van der Waals surface area contributed by atoms with Crippen molar-refractivity contribution in [3.05, 3.63) is 35.2 Å². The highest BCUT2D eigenvalue weighted by Gasteiger charge is 2.08. The molecule has 0 aliphatic rings. The number of aryl methyl sites for hydroxylation is 1. The first-order valence-corrected chi connectivity index (χ1v) is 4.27. The number of rotatable bonds is 3. The Morgan fingerprint density at radius 1 is 1.46 bits per heavy atom. The molecule has 2 nitrogen and oxygen atoms in total. The van der Waals surface area contributed by atoms with Crippen molar-refractivity contribution in [2.45, 2.75) is 13.8 Å². The first kappa shape index (κ1) is 10.1. The van der Waals surface area contributed by atoms with Gasteiger partial charge in [0.15, 0.2) is 0 Å². The normalized spacial score (nSPS) is 10.5. The summed E-state index contributed by atoms with van der Waals surface area (Å²) in [7, 11) is 1.64. The number of hydrogen-bond donors (Lipinski definition) is 1. The van der Waals surface area contributed by atoms with Crippen molar-refractivity contribution < 1.29 is 9.84 Å². The molecule has 0 aromatic heterocycles. The lowest BCUT2D eigenvalue weighted by molar-refractivity contribution is 0.314. The van der Waals surface area contributed by atoms with Gasteiger partial charge >= 0.3 is 0 Å². The van der Waals surface area contributed by atoms with Gasteiger partial charge in [0.05, 0.1) is 13.7 Å². The maximum absolute atomic E-state index is 9.00. The third kappa shape index (κ3) is 2.22. The molecular weight excluding hydrogens is 164 g/mol. The molecule has 1 radical (unpaired) electrons. The number of methoxy groups -OCH3 is 1. The van der Waals surface area contributed by atoms with E-state index >= 15 is 0 Å². The molecule has 0 aliphatic heterocycles. The van der Waals surface area contributed by atoms with E-state index in [2.05, 4.69) is 0 Å². The van der Waals surface area contributed by atoms with E-state index in [1.54, 1.807) is 7.11 Å². The standard InChI is InChI=1S/C11H15O2/c1-8-4-5-10(13-3)6-11(8)9(2)7-12/h4-6,12H,7H2,1-3H3. The maximum atomic E-state index is 9.00. The van der Waals surface area contributed by atoms with Crippen LogP contribution in [-0.4, -0.2) is 18.8 Å². The van der Waals surface area contributed by atoms with Crippen LogP contribution in [0.5, 0.6) is 5.75 Å². The predicted octanol–water partition coefficient (Wildman–Crippen LogP) is 1.94. The minimum absolute atomic E-state index is 0.0913. The van der Waals surface area contributed by atoms with Crippen LogP contribution >= 0.6 is 0 Å². The molecule has 1 aromatic carbocycles. The fourth-order valence-electron chi connectivity index (χ4n) is 1.27. The number of hydrogen-bond acceptors (Lipinski definition) is 2. The summed E-state index contributed by atoms with van der Waals surface area (Å²) in [6.45, 7) is 4.03. The predicted molar refractivity (Wildman–Crippen MR) is 52.8 cm³/mol. The molecule has 0 atom stereocenters. The molecule has 0 saturated carbocycles. The third-order valence-corrected chi connectivity index (χ3v) is 2.14. The molecular formula is C11H15O2. The van der Waals surface area contributed by atoms with Crippen LogP contribution in [0.2, 0.25) is 0 Å². The Morgan fingerprint density at radius 3 is 2.69 bits per heavy atom. The molecule has 0 fully saturated rings. The van der Waals surface area contributed by atoms with E-state index in [1.165, 1.54) is 0 Å². The molecule has 71 valence electrons. The molecule has 0 heterocycles. The molecule has 2 heteroatoms. The second-order valence-corrected chi connectivity index (χ2v) is 3.12. The Balaban J connectivity index is 3.03. The Labute approximate surface area is 79.2 Å². The van der Waals surface area contributed by atoms with Crippen LogP contribution in [-0.2, 0) is 0 Å². The van der Waals surface area contributed by atoms with Gasteiger partial charge in [-0.15, -0.1) is 0 Å². The lowest BCUT2D eigenvalue weighted by Gasteiger charge is -2.12. The average molecular weight is 179 g/mol. The van der Waals surface area contributed by atoms with Crippen molar-refractivity contribution in [1.82, 2.24) is 0 Å². The van der Waals surface area contributed by atoms with Crippen LogP contribution in [0.3, 0.4) is 0 Å². The summed E-state index contributed by atoms with van der Waals surface area (Å²) in [5, 5.41) is 9.00. The Morgan fingerprint density at radius 2 is 2.15 bits per heavy atom. The second kappa shape index (κ2) is 4.28. The third-order valence-electron chi connectivity index (χ3n) is 2.14. The van der Waals surface area contributed by atoms with Crippen LogP contribution in [0.1, 0.15) is 18.1 Å². The van der Waals surface area contributed by atoms with Gasteiger partial charge in [0.1, 0.15) is 5.75 Å². The summed E-state index contributed by atoms with van der Waals surface area (Å²) in [5.41, 5.74) is 2.23. The van der Waals surface area contributed by atoms with Gasteiger partial charge in [-0.1, -0.05) is 13.0 Å². The maximum Gasteiger partial charge on any atom is 0.119 e. The quantitative estimate of drug-likeness (QED) is 0.768. The number of benzene rings is 1. The van der Waals surface area contributed by atoms with E-state index in [1.807, 2.05) is 32.0 Å². The topological polar surface area (TPSA) is 29.5 Å². The molecule has 0 bridgehead atoms. The largest absolute Gasteiger partial charge is 0.497 e.